The lowest BCUT2D eigenvalue weighted by atomic mass is 10.0. The summed E-state index contributed by atoms with van der Waals surface area (Å²) in [7, 11) is 0. The van der Waals surface area contributed by atoms with Crippen LogP contribution in [0.1, 0.15) is 37.3 Å². The Balaban J connectivity index is 1.68. The average Bonchev–Trinajstić information content (AvgIpc) is 2.97. The molecule has 0 aliphatic carbocycles. The standard InChI is InChI=1S/C23H26N2OS/c1-2-3-13-25-15-18-14-19(16-27-20-9-5-4-6-10-20)21-11-7-8-12-24-22(21)23(18)26-17-25/h4-6,8-12,14H,2-3,7,13,15-17H2,1H3. The number of rotatable bonds is 6. The lowest BCUT2D eigenvalue weighted by Crippen LogP contribution is -2.39. The minimum absolute atomic E-state index is 0.663. The molecule has 0 saturated carbocycles. The predicted molar refractivity (Wildman–Crippen MR) is 112 cm³/mol. The molecule has 0 atom stereocenters. The number of unbranched alkanes of at least 4 members (excludes halogenated alkanes) is 1. The zero-order valence-corrected chi connectivity index (χ0v) is 16.7. The van der Waals surface area contributed by atoms with Gasteiger partial charge in [-0.05, 0) is 36.6 Å². The van der Waals surface area contributed by atoms with Crippen molar-refractivity contribution in [3.8, 4) is 5.75 Å². The van der Waals surface area contributed by atoms with Crippen LogP contribution in [0.5, 0.6) is 5.75 Å². The number of nitrogens with zero attached hydrogens (tertiary/aromatic N) is 2. The molecule has 140 valence electrons. The first-order chi connectivity index (χ1) is 13.3. The van der Waals surface area contributed by atoms with Gasteiger partial charge in [-0.3, -0.25) is 9.89 Å². The van der Waals surface area contributed by atoms with Crippen LogP contribution in [0.4, 0.5) is 0 Å². The summed E-state index contributed by atoms with van der Waals surface area (Å²) in [6, 6.07) is 13.0. The number of thioether (sulfide) groups is 1. The third-order valence-electron chi connectivity index (χ3n) is 4.97. The second-order valence-corrected chi connectivity index (χ2v) is 8.07. The normalized spacial score (nSPS) is 15.7. The Bertz CT molecular complexity index is 937. The average molecular weight is 379 g/mol. The molecular formula is C23H26N2OS. The molecule has 0 N–H and O–H groups in total. The highest BCUT2D eigenvalue weighted by atomic mass is 32.2. The second kappa shape index (κ2) is 8.77. The highest BCUT2D eigenvalue weighted by Gasteiger charge is 2.21. The van der Waals surface area contributed by atoms with Gasteiger partial charge in [0.25, 0.3) is 0 Å². The molecular weight excluding hydrogens is 352 g/mol. The van der Waals surface area contributed by atoms with Gasteiger partial charge >= 0.3 is 0 Å². The molecule has 2 aromatic carbocycles. The molecule has 3 nitrogen and oxygen atoms in total. The third-order valence-corrected chi connectivity index (χ3v) is 6.04. The monoisotopic (exact) mass is 378 g/mol. The summed E-state index contributed by atoms with van der Waals surface area (Å²) in [5.74, 6) is 1.93. The van der Waals surface area contributed by atoms with Crippen molar-refractivity contribution in [1.82, 2.24) is 4.90 Å². The quantitative estimate of drug-likeness (QED) is 0.703. The van der Waals surface area contributed by atoms with Crippen molar-refractivity contribution >= 4 is 17.8 Å². The molecule has 0 bridgehead atoms. The molecule has 0 saturated heterocycles. The topological polar surface area (TPSA) is 24.8 Å². The van der Waals surface area contributed by atoms with Gasteiger partial charge in [-0.25, -0.2) is 0 Å². The minimum atomic E-state index is 0.663. The van der Waals surface area contributed by atoms with Crippen LogP contribution in [0.3, 0.4) is 0 Å². The molecule has 2 heterocycles. The van der Waals surface area contributed by atoms with Crippen LogP contribution in [0.2, 0.25) is 0 Å². The van der Waals surface area contributed by atoms with Crippen molar-refractivity contribution < 1.29 is 4.74 Å². The third kappa shape index (κ3) is 4.28. The van der Waals surface area contributed by atoms with Crippen molar-refractivity contribution in [2.75, 3.05) is 13.3 Å². The fraction of sp³-hybridized carbons (Fsp3) is 0.348. The van der Waals surface area contributed by atoms with E-state index in [1.54, 1.807) is 0 Å². The Morgan fingerprint density at radius 3 is 2.96 bits per heavy atom. The van der Waals surface area contributed by atoms with E-state index in [-0.39, 0.29) is 0 Å². The van der Waals surface area contributed by atoms with Gasteiger partial charge in [0, 0.05) is 40.7 Å². The van der Waals surface area contributed by atoms with Crippen LogP contribution in [0.15, 0.2) is 58.6 Å². The largest absolute Gasteiger partial charge is 0.475 e. The molecule has 0 aromatic heterocycles. The van der Waals surface area contributed by atoms with Crippen molar-refractivity contribution in [2.24, 2.45) is 4.99 Å². The molecule has 2 aliphatic heterocycles. The SMILES string of the molecule is CCCCN1COc2c(cc(CSc3ccccc3)c3c2=NC=CCC=3)C1. The van der Waals surface area contributed by atoms with Crippen LogP contribution in [0.25, 0.3) is 6.08 Å². The van der Waals surface area contributed by atoms with E-state index in [1.165, 1.54) is 34.1 Å². The Labute approximate surface area is 165 Å². The molecule has 4 heteroatoms. The van der Waals surface area contributed by atoms with E-state index in [0.29, 0.717) is 6.73 Å². The van der Waals surface area contributed by atoms with Gasteiger partial charge in [-0.1, -0.05) is 43.7 Å². The Hall–Kier alpha value is -2.04. The van der Waals surface area contributed by atoms with Crippen LogP contribution >= 0.6 is 11.8 Å². The summed E-state index contributed by atoms with van der Waals surface area (Å²) in [5, 5.41) is 2.25. The molecule has 27 heavy (non-hydrogen) atoms. The predicted octanol–water partition coefficient (Wildman–Crippen LogP) is 4.25. The molecule has 0 fully saturated rings. The number of benzene rings is 2. The van der Waals surface area contributed by atoms with Gasteiger partial charge < -0.3 is 4.74 Å². The first-order valence-electron chi connectivity index (χ1n) is 9.76. The van der Waals surface area contributed by atoms with E-state index in [4.69, 9.17) is 9.73 Å². The summed E-state index contributed by atoms with van der Waals surface area (Å²) in [4.78, 5) is 8.43. The summed E-state index contributed by atoms with van der Waals surface area (Å²) in [6.45, 7) is 4.94. The highest BCUT2D eigenvalue weighted by Crippen LogP contribution is 2.25. The zero-order valence-electron chi connectivity index (χ0n) is 15.9. The van der Waals surface area contributed by atoms with Crippen molar-refractivity contribution in [3.05, 3.63) is 70.4 Å². The number of allylic oxidation sites excluding steroid dienone is 1. The number of ether oxygens (including phenoxy) is 1. The summed E-state index contributed by atoms with van der Waals surface area (Å²) in [6.07, 6.45) is 9.65. The van der Waals surface area contributed by atoms with E-state index in [0.717, 1.165) is 36.4 Å². The first kappa shape index (κ1) is 18.3. The van der Waals surface area contributed by atoms with E-state index in [1.807, 2.05) is 18.0 Å². The van der Waals surface area contributed by atoms with Gasteiger partial charge in [0.15, 0.2) is 5.75 Å². The molecule has 0 radical (unpaired) electrons. The second-order valence-electron chi connectivity index (χ2n) is 7.02. The lowest BCUT2D eigenvalue weighted by molar-refractivity contribution is 0.0924. The first-order valence-corrected chi connectivity index (χ1v) is 10.7. The van der Waals surface area contributed by atoms with Crippen LogP contribution < -0.4 is 15.3 Å². The lowest BCUT2D eigenvalue weighted by Gasteiger charge is -2.29. The maximum atomic E-state index is 6.18. The highest BCUT2D eigenvalue weighted by molar-refractivity contribution is 7.98. The van der Waals surface area contributed by atoms with Crippen molar-refractivity contribution in [1.29, 1.82) is 0 Å². The Morgan fingerprint density at radius 2 is 2.11 bits per heavy atom. The van der Waals surface area contributed by atoms with Crippen LogP contribution in [-0.2, 0) is 12.3 Å². The van der Waals surface area contributed by atoms with Crippen molar-refractivity contribution in [2.45, 2.75) is 43.4 Å². The molecule has 0 spiro atoms. The fourth-order valence-corrected chi connectivity index (χ4v) is 4.46. The van der Waals surface area contributed by atoms with Gasteiger partial charge in [0.05, 0.1) is 0 Å². The smallest absolute Gasteiger partial charge is 0.152 e. The molecule has 2 aliphatic rings. The van der Waals surface area contributed by atoms with Gasteiger partial charge in [-0.2, -0.15) is 0 Å². The van der Waals surface area contributed by atoms with E-state index >= 15 is 0 Å². The van der Waals surface area contributed by atoms with Gasteiger partial charge in [-0.15, -0.1) is 11.8 Å². The van der Waals surface area contributed by atoms with Gasteiger partial charge in [0.2, 0.25) is 0 Å². The minimum Gasteiger partial charge on any atom is -0.475 e. The van der Waals surface area contributed by atoms with Crippen LogP contribution in [0, 0.1) is 0 Å². The van der Waals surface area contributed by atoms with E-state index in [2.05, 4.69) is 60.4 Å². The molecule has 0 unspecified atom stereocenters. The number of hydrogen-bond donors (Lipinski definition) is 0. The zero-order chi connectivity index (χ0) is 18.5. The van der Waals surface area contributed by atoms with E-state index < -0.39 is 0 Å². The summed E-state index contributed by atoms with van der Waals surface area (Å²) >= 11 is 1.88. The van der Waals surface area contributed by atoms with Crippen LogP contribution in [-0.4, -0.2) is 18.2 Å². The van der Waals surface area contributed by atoms with E-state index in [9.17, 15) is 0 Å². The van der Waals surface area contributed by atoms with Crippen molar-refractivity contribution in [3.63, 3.8) is 0 Å². The number of fused-ring (bicyclic) bond motifs is 3. The maximum absolute atomic E-state index is 6.18. The summed E-state index contributed by atoms with van der Waals surface area (Å²) in [5.41, 5.74) is 2.62. The Morgan fingerprint density at radius 1 is 1.22 bits per heavy atom. The van der Waals surface area contributed by atoms with Gasteiger partial charge in [0.1, 0.15) is 12.1 Å². The molecule has 2 aromatic rings. The molecule has 4 rings (SSSR count). The maximum Gasteiger partial charge on any atom is 0.152 e. The number of hydrogen-bond acceptors (Lipinski definition) is 4. The summed E-state index contributed by atoms with van der Waals surface area (Å²) < 4.78 is 6.18. The molecule has 0 amide bonds. The fourth-order valence-electron chi connectivity index (χ4n) is 3.55. The Kier molecular flexibility index (Phi) is 5.95.